The Morgan fingerprint density at radius 2 is 2.25 bits per heavy atom. The van der Waals surface area contributed by atoms with Gasteiger partial charge in [0, 0.05) is 19.0 Å². The second-order valence-corrected chi connectivity index (χ2v) is 4.45. The van der Waals surface area contributed by atoms with Crippen LogP contribution in [0.2, 0.25) is 0 Å². The van der Waals surface area contributed by atoms with Crippen molar-refractivity contribution in [2.45, 2.75) is 12.8 Å². The fourth-order valence-electron chi connectivity index (χ4n) is 1.91. The zero-order chi connectivity index (χ0) is 14.7. The maximum atomic E-state index is 13.6. The number of carbonyl (C=O) groups excluding carboxylic acids is 2. The summed E-state index contributed by atoms with van der Waals surface area (Å²) in [6, 6.07) is 3.01. The quantitative estimate of drug-likeness (QED) is 0.642. The molecule has 0 aliphatic carbocycles. The van der Waals surface area contributed by atoms with Gasteiger partial charge in [-0.25, -0.2) is 4.39 Å². The van der Waals surface area contributed by atoms with Gasteiger partial charge in [-0.15, -0.1) is 0 Å². The Morgan fingerprint density at radius 1 is 1.50 bits per heavy atom. The number of anilines is 1. The molecule has 1 atom stereocenters. The van der Waals surface area contributed by atoms with Crippen LogP contribution in [-0.2, 0) is 9.59 Å². The van der Waals surface area contributed by atoms with Crippen LogP contribution in [0.25, 0.3) is 0 Å². The topological polar surface area (TPSA) is 101 Å². The summed E-state index contributed by atoms with van der Waals surface area (Å²) in [6.45, 7) is 0.208. The number of nitro benzene ring substituents is 1. The molecule has 2 N–H and O–H groups in total. The lowest BCUT2D eigenvalue weighted by Crippen LogP contribution is -2.40. The Morgan fingerprint density at radius 3 is 2.80 bits per heavy atom. The van der Waals surface area contributed by atoms with E-state index in [0.717, 1.165) is 18.2 Å². The van der Waals surface area contributed by atoms with E-state index in [4.69, 9.17) is 0 Å². The van der Waals surface area contributed by atoms with E-state index < -0.39 is 22.6 Å². The van der Waals surface area contributed by atoms with Crippen LogP contribution >= 0.6 is 0 Å². The molecule has 1 aromatic rings. The van der Waals surface area contributed by atoms with Crippen molar-refractivity contribution in [3.05, 3.63) is 34.1 Å². The smallest absolute Gasteiger partial charge is 0.272 e. The van der Waals surface area contributed by atoms with Gasteiger partial charge in [0.2, 0.25) is 11.8 Å². The molecule has 106 valence electrons. The minimum absolute atomic E-state index is 0.113. The molecular weight excluding hydrogens is 269 g/mol. The summed E-state index contributed by atoms with van der Waals surface area (Å²) >= 11 is 0. The molecule has 0 spiro atoms. The number of halogens is 1. The van der Waals surface area contributed by atoms with E-state index in [1.165, 1.54) is 0 Å². The first kappa shape index (κ1) is 13.9. The molecule has 2 rings (SSSR count). The summed E-state index contributed by atoms with van der Waals surface area (Å²) in [7, 11) is 0. The van der Waals surface area contributed by atoms with E-state index in [0.29, 0.717) is 6.42 Å². The van der Waals surface area contributed by atoms with Gasteiger partial charge in [0.25, 0.3) is 5.69 Å². The average Bonchev–Trinajstić information content (AvgIpc) is 2.41. The average molecular weight is 281 g/mol. The van der Waals surface area contributed by atoms with Crippen LogP contribution in [0.5, 0.6) is 0 Å². The van der Waals surface area contributed by atoms with Gasteiger partial charge in [-0.1, -0.05) is 0 Å². The highest BCUT2D eigenvalue weighted by atomic mass is 19.1. The highest BCUT2D eigenvalue weighted by molar-refractivity contribution is 5.94. The Bertz CT molecular complexity index is 566. The molecule has 1 aliphatic rings. The Kier molecular flexibility index (Phi) is 3.92. The number of amides is 2. The number of carbonyl (C=O) groups is 2. The number of nitrogens with one attached hydrogen (secondary N) is 2. The number of rotatable bonds is 3. The lowest BCUT2D eigenvalue weighted by Gasteiger charge is -2.21. The molecule has 0 saturated carbocycles. The first-order valence-corrected chi connectivity index (χ1v) is 5.99. The molecule has 1 aromatic carbocycles. The normalized spacial score (nSPS) is 18.2. The Balaban J connectivity index is 2.04. The summed E-state index contributed by atoms with van der Waals surface area (Å²) in [5.41, 5.74) is -0.497. The first-order chi connectivity index (χ1) is 9.47. The largest absolute Gasteiger partial charge is 0.355 e. The van der Waals surface area contributed by atoms with E-state index in [-0.39, 0.29) is 30.2 Å². The highest BCUT2D eigenvalue weighted by Gasteiger charge is 2.25. The van der Waals surface area contributed by atoms with Crippen LogP contribution in [0.1, 0.15) is 12.8 Å². The molecule has 2 amide bonds. The minimum Gasteiger partial charge on any atom is -0.355 e. The van der Waals surface area contributed by atoms with Gasteiger partial charge in [-0.2, -0.15) is 0 Å². The van der Waals surface area contributed by atoms with Gasteiger partial charge in [-0.05, 0) is 12.5 Å². The highest BCUT2D eigenvalue weighted by Crippen LogP contribution is 2.22. The van der Waals surface area contributed by atoms with E-state index >= 15 is 0 Å². The summed E-state index contributed by atoms with van der Waals surface area (Å²) in [6.07, 6.45) is 0.646. The molecule has 1 aliphatic heterocycles. The lowest BCUT2D eigenvalue weighted by atomic mass is 9.98. The number of piperidine rings is 1. The fourth-order valence-corrected chi connectivity index (χ4v) is 1.91. The van der Waals surface area contributed by atoms with Crippen LogP contribution in [0.3, 0.4) is 0 Å². The van der Waals surface area contributed by atoms with Gasteiger partial charge in [0.15, 0.2) is 5.82 Å². The monoisotopic (exact) mass is 281 g/mol. The van der Waals surface area contributed by atoms with Crippen molar-refractivity contribution >= 4 is 23.2 Å². The van der Waals surface area contributed by atoms with E-state index in [1.807, 2.05) is 0 Å². The number of benzene rings is 1. The second-order valence-electron chi connectivity index (χ2n) is 4.45. The van der Waals surface area contributed by atoms with Gasteiger partial charge in [0.1, 0.15) is 0 Å². The predicted octanol–water partition coefficient (Wildman–Crippen LogP) is 1.20. The van der Waals surface area contributed by atoms with Gasteiger partial charge >= 0.3 is 0 Å². The number of nitro groups is 1. The molecule has 7 nitrogen and oxygen atoms in total. The molecule has 0 radical (unpaired) electrons. The maximum absolute atomic E-state index is 13.6. The van der Waals surface area contributed by atoms with Crippen LogP contribution in [-0.4, -0.2) is 23.3 Å². The number of hydrogen-bond donors (Lipinski definition) is 2. The molecule has 20 heavy (non-hydrogen) atoms. The van der Waals surface area contributed by atoms with Crippen molar-refractivity contribution in [3.63, 3.8) is 0 Å². The second kappa shape index (κ2) is 5.64. The van der Waals surface area contributed by atoms with Gasteiger partial charge in [-0.3, -0.25) is 19.7 Å². The van der Waals surface area contributed by atoms with Crippen LogP contribution in [0.4, 0.5) is 15.8 Å². The molecule has 8 heteroatoms. The molecule has 1 saturated heterocycles. The summed E-state index contributed by atoms with van der Waals surface area (Å²) in [5.74, 6) is -1.83. The van der Waals surface area contributed by atoms with Crippen molar-refractivity contribution in [2.75, 3.05) is 11.9 Å². The predicted molar refractivity (Wildman–Crippen MR) is 67.4 cm³/mol. The third-order valence-electron chi connectivity index (χ3n) is 3.06. The van der Waals surface area contributed by atoms with Crippen molar-refractivity contribution in [3.8, 4) is 0 Å². The molecule has 0 aromatic heterocycles. The van der Waals surface area contributed by atoms with Crippen LogP contribution in [0.15, 0.2) is 18.2 Å². The van der Waals surface area contributed by atoms with Gasteiger partial charge < -0.3 is 10.6 Å². The SMILES string of the molecule is O=C1CCC(C(=O)Nc2ccc([N+](=O)[O-])cc2F)CN1. The Labute approximate surface area is 113 Å². The molecule has 0 bridgehead atoms. The number of nitrogens with zero attached hydrogens (tertiary/aromatic N) is 1. The molecule has 1 fully saturated rings. The molecule has 1 unspecified atom stereocenters. The minimum atomic E-state index is -0.868. The number of non-ortho nitro benzene ring substituents is 1. The summed E-state index contributed by atoms with van der Waals surface area (Å²) in [5, 5.41) is 15.4. The number of hydrogen-bond acceptors (Lipinski definition) is 4. The molecule has 1 heterocycles. The summed E-state index contributed by atoms with van der Waals surface area (Å²) in [4.78, 5) is 32.6. The van der Waals surface area contributed by atoms with Crippen molar-refractivity contribution in [1.29, 1.82) is 0 Å². The Hall–Kier alpha value is -2.51. The van der Waals surface area contributed by atoms with E-state index in [2.05, 4.69) is 10.6 Å². The fraction of sp³-hybridized carbons (Fsp3) is 0.333. The van der Waals surface area contributed by atoms with Crippen LogP contribution in [0, 0.1) is 21.8 Å². The third-order valence-corrected chi connectivity index (χ3v) is 3.06. The van der Waals surface area contributed by atoms with Crippen molar-refractivity contribution < 1.29 is 18.9 Å². The zero-order valence-electron chi connectivity index (χ0n) is 10.4. The van der Waals surface area contributed by atoms with Crippen molar-refractivity contribution in [1.82, 2.24) is 5.32 Å². The maximum Gasteiger partial charge on any atom is 0.272 e. The zero-order valence-corrected chi connectivity index (χ0v) is 10.4. The third kappa shape index (κ3) is 3.08. The standard InChI is InChI=1S/C12H12FN3O4/c13-9-5-8(16(19)20)2-3-10(9)15-12(18)7-1-4-11(17)14-6-7/h2-3,5,7H,1,4,6H2,(H,14,17)(H,15,18). The van der Waals surface area contributed by atoms with E-state index in [1.54, 1.807) is 0 Å². The van der Waals surface area contributed by atoms with Gasteiger partial charge in [0.05, 0.1) is 22.6 Å². The van der Waals surface area contributed by atoms with E-state index in [9.17, 15) is 24.1 Å². The summed E-state index contributed by atoms with van der Waals surface area (Å²) < 4.78 is 13.6. The molecular formula is C12H12FN3O4. The first-order valence-electron chi connectivity index (χ1n) is 5.99. The lowest BCUT2D eigenvalue weighted by molar-refractivity contribution is -0.385. The van der Waals surface area contributed by atoms with Crippen LogP contribution < -0.4 is 10.6 Å². The van der Waals surface area contributed by atoms with Crippen molar-refractivity contribution in [2.24, 2.45) is 5.92 Å².